The third-order valence-corrected chi connectivity index (χ3v) is 4.74. The predicted octanol–water partition coefficient (Wildman–Crippen LogP) is 3.74. The predicted molar refractivity (Wildman–Crippen MR) is 106 cm³/mol. The molecule has 0 fully saturated rings. The number of methoxy groups -OCH3 is 3. The van der Waals surface area contributed by atoms with E-state index in [0.29, 0.717) is 33.9 Å². The Kier molecular flexibility index (Phi) is 4.50. The van der Waals surface area contributed by atoms with Crippen molar-refractivity contribution in [2.24, 2.45) is 0 Å². The van der Waals surface area contributed by atoms with E-state index >= 15 is 0 Å². The number of rotatable bonds is 4. The molecule has 1 aliphatic heterocycles. The van der Waals surface area contributed by atoms with Crippen molar-refractivity contribution in [3.05, 3.63) is 63.2 Å². The molecule has 0 atom stereocenters. The topological polar surface area (TPSA) is 84.2 Å². The normalized spacial score (nSPS) is 14.1. The Morgan fingerprint density at radius 3 is 2.24 bits per heavy atom. The zero-order valence-corrected chi connectivity index (χ0v) is 16.3. The van der Waals surface area contributed by atoms with Gasteiger partial charge in [-0.1, -0.05) is 0 Å². The Hall–Kier alpha value is -3.74. The molecule has 4 rings (SSSR count). The molecule has 0 N–H and O–H groups in total. The molecule has 0 saturated heterocycles. The van der Waals surface area contributed by atoms with Crippen molar-refractivity contribution < 1.29 is 28.2 Å². The first kappa shape index (κ1) is 18.6. The number of ketones is 1. The van der Waals surface area contributed by atoms with Gasteiger partial charge in [-0.25, -0.2) is 4.79 Å². The van der Waals surface area contributed by atoms with E-state index in [-0.39, 0.29) is 22.7 Å². The van der Waals surface area contributed by atoms with Gasteiger partial charge in [0, 0.05) is 11.5 Å². The molecule has 29 heavy (non-hydrogen) atoms. The molecule has 0 saturated carbocycles. The summed E-state index contributed by atoms with van der Waals surface area (Å²) >= 11 is 0. The van der Waals surface area contributed by atoms with Crippen molar-refractivity contribution in [1.82, 2.24) is 0 Å². The van der Waals surface area contributed by atoms with Crippen LogP contribution in [-0.2, 0) is 0 Å². The Morgan fingerprint density at radius 2 is 1.62 bits per heavy atom. The first-order chi connectivity index (χ1) is 14.0. The maximum Gasteiger partial charge on any atom is 0.336 e. The van der Waals surface area contributed by atoms with E-state index in [1.165, 1.54) is 27.4 Å². The molecule has 0 spiro atoms. The summed E-state index contributed by atoms with van der Waals surface area (Å²) in [5.41, 5.74) is 1.30. The molecule has 0 aliphatic carbocycles. The lowest BCUT2D eigenvalue weighted by Gasteiger charge is -2.13. The Bertz CT molecular complexity index is 1210. The second-order valence-electron chi connectivity index (χ2n) is 6.46. The highest BCUT2D eigenvalue weighted by molar-refractivity contribution is 6.20. The smallest absolute Gasteiger partial charge is 0.336 e. The minimum atomic E-state index is -0.516. The molecule has 7 heteroatoms. The molecule has 0 unspecified atom stereocenters. The van der Waals surface area contributed by atoms with Gasteiger partial charge >= 0.3 is 5.63 Å². The largest absolute Gasteiger partial charge is 0.493 e. The van der Waals surface area contributed by atoms with E-state index < -0.39 is 5.63 Å². The van der Waals surface area contributed by atoms with Crippen LogP contribution in [0.2, 0.25) is 0 Å². The average molecular weight is 394 g/mol. The first-order valence-corrected chi connectivity index (χ1v) is 8.78. The summed E-state index contributed by atoms with van der Waals surface area (Å²) in [5.74, 6) is 1.43. The monoisotopic (exact) mass is 394 g/mol. The third-order valence-electron chi connectivity index (χ3n) is 4.74. The molecule has 2 heterocycles. The number of allylic oxidation sites excluding steroid dienone is 1. The minimum absolute atomic E-state index is 0.103. The van der Waals surface area contributed by atoms with Crippen molar-refractivity contribution in [2.45, 2.75) is 6.92 Å². The van der Waals surface area contributed by atoms with Crippen LogP contribution < -0.4 is 24.6 Å². The Labute approximate surface area is 166 Å². The number of aryl methyl sites for hydroxylation is 1. The fourth-order valence-electron chi connectivity index (χ4n) is 3.38. The van der Waals surface area contributed by atoms with Gasteiger partial charge in [0.05, 0.1) is 21.3 Å². The fourth-order valence-corrected chi connectivity index (χ4v) is 3.38. The number of carbonyl (C=O) groups excluding carboxylic acids is 1. The molecule has 1 aromatic heterocycles. The Balaban J connectivity index is 1.84. The number of Topliss-reactive ketones (excluding diaryl/α,β-unsaturated/α-hetero) is 1. The summed E-state index contributed by atoms with van der Waals surface area (Å²) in [6.45, 7) is 1.79. The number of fused-ring (bicyclic) bond motifs is 3. The van der Waals surface area contributed by atoms with Gasteiger partial charge in [-0.2, -0.15) is 0 Å². The average Bonchev–Trinajstić information content (AvgIpc) is 3.02. The number of carbonyl (C=O) groups is 1. The van der Waals surface area contributed by atoms with E-state index in [9.17, 15) is 9.59 Å². The first-order valence-electron chi connectivity index (χ1n) is 8.78. The van der Waals surface area contributed by atoms with Gasteiger partial charge in [-0.15, -0.1) is 0 Å². The summed E-state index contributed by atoms with van der Waals surface area (Å²) in [6.07, 6.45) is 1.58. The maximum atomic E-state index is 13.0. The van der Waals surface area contributed by atoms with Crippen LogP contribution in [0.5, 0.6) is 23.0 Å². The summed E-state index contributed by atoms with van der Waals surface area (Å²) in [5, 5.41) is 0.689. The lowest BCUT2D eigenvalue weighted by molar-refractivity contribution is 0.101. The van der Waals surface area contributed by atoms with Crippen molar-refractivity contribution >= 4 is 22.8 Å². The second kappa shape index (κ2) is 7.01. The summed E-state index contributed by atoms with van der Waals surface area (Å²) in [7, 11) is 4.54. The fraction of sp³-hybridized carbons (Fsp3) is 0.182. The van der Waals surface area contributed by atoms with Crippen LogP contribution in [0.3, 0.4) is 0 Å². The second-order valence-corrected chi connectivity index (χ2v) is 6.46. The molecule has 0 amide bonds. The van der Waals surface area contributed by atoms with Crippen LogP contribution >= 0.6 is 0 Å². The van der Waals surface area contributed by atoms with Crippen LogP contribution in [0.1, 0.15) is 21.5 Å². The van der Waals surface area contributed by atoms with Gasteiger partial charge in [0.1, 0.15) is 11.3 Å². The van der Waals surface area contributed by atoms with E-state index in [0.717, 1.165) is 5.56 Å². The highest BCUT2D eigenvalue weighted by atomic mass is 16.5. The lowest BCUT2D eigenvalue weighted by atomic mass is 10.0. The zero-order chi connectivity index (χ0) is 20.7. The standard InChI is InChI=1S/C22H18O7/c1-11-7-18(23)29-21-13(11)5-6-14-19(21)20(24)15(28-14)8-12-9-16(25-2)22(27-4)17(10-12)26-3/h5-10H,1-4H3. The van der Waals surface area contributed by atoms with Gasteiger partial charge < -0.3 is 23.4 Å². The van der Waals surface area contributed by atoms with Crippen LogP contribution in [0, 0.1) is 6.92 Å². The quantitative estimate of drug-likeness (QED) is 0.492. The lowest BCUT2D eigenvalue weighted by Crippen LogP contribution is -2.02. The molecular formula is C22H18O7. The Morgan fingerprint density at radius 1 is 0.931 bits per heavy atom. The molecule has 1 aliphatic rings. The highest BCUT2D eigenvalue weighted by Gasteiger charge is 2.31. The van der Waals surface area contributed by atoms with E-state index in [2.05, 4.69) is 0 Å². The highest BCUT2D eigenvalue weighted by Crippen LogP contribution is 2.41. The van der Waals surface area contributed by atoms with Gasteiger partial charge in [-0.05, 0) is 48.4 Å². The number of ether oxygens (including phenoxy) is 4. The summed E-state index contributed by atoms with van der Waals surface area (Å²) in [4.78, 5) is 24.8. The number of hydrogen-bond donors (Lipinski definition) is 0. The summed E-state index contributed by atoms with van der Waals surface area (Å²) in [6, 6.07) is 8.26. The van der Waals surface area contributed by atoms with E-state index in [4.69, 9.17) is 23.4 Å². The molecule has 148 valence electrons. The van der Waals surface area contributed by atoms with E-state index in [1.54, 1.807) is 37.3 Å². The van der Waals surface area contributed by atoms with E-state index in [1.807, 2.05) is 0 Å². The molecule has 0 bridgehead atoms. The van der Waals surface area contributed by atoms with Crippen LogP contribution in [0.25, 0.3) is 17.0 Å². The maximum absolute atomic E-state index is 13.0. The molecule has 3 aromatic rings. The van der Waals surface area contributed by atoms with Gasteiger partial charge in [0.15, 0.2) is 22.8 Å². The van der Waals surface area contributed by atoms with Gasteiger partial charge in [-0.3, -0.25) is 4.79 Å². The minimum Gasteiger partial charge on any atom is -0.493 e. The third kappa shape index (κ3) is 3.00. The van der Waals surface area contributed by atoms with Crippen LogP contribution in [0.15, 0.2) is 45.3 Å². The molecule has 7 nitrogen and oxygen atoms in total. The SMILES string of the molecule is COc1cc(C=C2Oc3ccc4c(C)cc(=O)oc4c3C2=O)cc(OC)c1OC. The number of benzene rings is 2. The van der Waals surface area contributed by atoms with Crippen molar-refractivity contribution in [3.8, 4) is 23.0 Å². The van der Waals surface area contributed by atoms with Gasteiger partial charge in [0.25, 0.3) is 0 Å². The van der Waals surface area contributed by atoms with Crippen LogP contribution in [0.4, 0.5) is 0 Å². The molecular weight excluding hydrogens is 376 g/mol. The van der Waals surface area contributed by atoms with Crippen LogP contribution in [-0.4, -0.2) is 27.1 Å². The van der Waals surface area contributed by atoms with Crippen molar-refractivity contribution in [2.75, 3.05) is 21.3 Å². The van der Waals surface area contributed by atoms with Gasteiger partial charge in [0.2, 0.25) is 11.5 Å². The summed E-state index contributed by atoms with van der Waals surface area (Å²) < 4.78 is 27.1. The molecule has 2 aromatic carbocycles. The van der Waals surface area contributed by atoms with Crippen molar-refractivity contribution in [3.63, 3.8) is 0 Å². The number of hydrogen-bond acceptors (Lipinski definition) is 7. The molecule has 0 radical (unpaired) electrons. The van der Waals surface area contributed by atoms with Crippen molar-refractivity contribution in [1.29, 1.82) is 0 Å². The zero-order valence-electron chi connectivity index (χ0n) is 16.3.